The van der Waals surface area contributed by atoms with Gasteiger partial charge in [-0.1, -0.05) is 19.1 Å². The number of amides is 2. The molecule has 0 bridgehead atoms. The number of rotatable bonds is 1. The van der Waals surface area contributed by atoms with Gasteiger partial charge in [-0.15, -0.1) is 0 Å². The van der Waals surface area contributed by atoms with E-state index in [1.807, 2.05) is 24.3 Å². The minimum absolute atomic E-state index is 0.0151. The van der Waals surface area contributed by atoms with Gasteiger partial charge in [-0.3, -0.25) is 14.5 Å². The maximum atomic E-state index is 13.6. The van der Waals surface area contributed by atoms with E-state index in [0.29, 0.717) is 41.1 Å². The quantitative estimate of drug-likeness (QED) is 0.526. The van der Waals surface area contributed by atoms with Crippen LogP contribution in [0, 0.1) is 29.1 Å². The highest BCUT2D eigenvalue weighted by atomic mass is 79.9. The van der Waals surface area contributed by atoms with Crippen molar-refractivity contribution in [2.75, 3.05) is 0 Å². The van der Waals surface area contributed by atoms with Crippen LogP contribution in [0.1, 0.15) is 82.0 Å². The third-order valence-electron chi connectivity index (χ3n) is 9.73. The van der Waals surface area contributed by atoms with Crippen LogP contribution in [0.3, 0.4) is 0 Å². The van der Waals surface area contributed by atoms with Crippen molar-refractivity contribution in [1.29, 1.82) is 0 Å². The number of aliphatic hydroxyl groups excluding tert-OH is 1. The molecular formula is C26H34BrNO3. The molecule has 2 amide bonds. The van der Waals surface area contributed by atoms with Crippen LogP contribution < -0.4 is 0 Å². The molecule has 0 radical (unpaired) electrons. The van der Waals surface area contributed by atoms with Crippen LogP contribution in [0.4, 0.5) is 0 Å². The van der Waals surface area contributed by atoms with Crippen LogP contribution in [0.5, 0.6) is 0 Å². The summed E-state index contributed by atoms with van der Waals surface area (Å²) in [5.74, 6) is 2.04. The second kappa shape index (κ2) is 7.69. The summed E-state index contributed by atoms with van der Waals surface area (Å²) in [6.07, 6.45) is 8.54. The lowest BCUT2D eigenvalue weighted by Crippen LogP contribution is -2.66. The topological polar surface area (TPSA) is 57.6 Å². The number of carbonyl (C=O) groups is 2. The molecule has 1 N–H and O–H groups in total. The van der Waals surface area contributed by atoms with Crippen molar-refractivity contribution < 1.29 is 14.7 Å². The summed E-state index contributed by atoms with van der Waals surface area (Å²) >= 11 is 3.52. The monoisotopic (exact) mass is 487 g/mol. The smallest absolute Gasteiger partial charge is 0.262 e. The molecular weight excluding hydrogens is 454 g/mol. The van der Waals surface area contributed by atoms with Crippen LogP contribution in [-0.2, 0) is 4.79 Å². The summed E-state index contributed by atoms with van der Waals surface area (Å²) in [5, 5.41) is 10.3. The van der Waals surface area contributed by atoms with Gasteiger partial charge in [0.05, 0.1) is 17.2 Å². The van der Waals surface area contributed by atoms with Gasteiger partial charge in [0.25, 0.3) is 5.91 Å². The molecule has 1 aromatic rings. The number of likely N-dealkylation sites (tertiary alicyclic amines) is 1. The lowest BCUT2D eigenvalue weighted by atomic mass is 9.45. The molecule has 1 unspecified atom stereocenters. The highest BCUT2D eigenvalue weighted by Gasteiger charge is 2.60. The van der Waals surface area contributed by atoms with Crippen molar-refractivity contribution in [3.63, 3.8) is 0 Å². The fourth-order valence-corrected chi connectivity index (χ4v) is 8.57. The Labute approximate surface area is 193 Å². The molecule has 7 atom stereocenters. The molecule has 1 saturated heterocycles. The first kappa shape index (κ1) is 21.6. The van der Waals surface area contributed by atoms with Crippen LogP contribution >= 0.6 is 15.9 Å². The minimum Gasteiger partial charge on any atom is -0.393 e. The van der Waals surface area contributed by atoms with Crippen LogP contribution in [0.15, 0.2) is 28.7 Å². The predicted molar refractivity (Wildman–Crippen MR) is 123 cm³/mol. The summed E-state index contributed by atoms with van der Waals surface area (Å²) in [7, 11) is 0. The van der Waals surface area contributed by atoms with Crippen molar-refractivity contribution >= 4 is 27.7 Å². The highest BCUT2D eigenvalue weighted by molar-refractivity contribution is 9.10. The molecule has 1 aromatic carbocycles. The number of aliphatic hydroxyl groups is 1. The van der Waals surface area contributed by atoms with Crippen LogP contribution in [0.2, 0.25) is 0 Å². The molecule has 3 aliphatic carbocycles. The Hall–Kier alpha value is -1.20. The van der Waals surface area contributed by atoms with Gasteiger partial charge in [0.1, 0.15) is 0 Å². The van der Waals surface area contributed by atoms with Gasteiger partial charge in [0, 0.05) is 10.9 Å². The van der Waals surface area contributed by atoms with E-state index >= 15 is 0 Å². The van der Waals surface area contributed by atoms with Gasteiger partial charge in [-0.05, 0) is 115 Å². The Bertz CT molecular complexity index is 902. The number of nitrogens with zero attached hydrogens (tertiary/aromatic N) is 1. The molecule has 1 aliphatic heterocycles. The van der Waals surface area contributed by atoms with Crippen molar-refractivity contribution in [2.24, 2.45) is 29.1 Å². The summed E-state index contributed by atoms with van der Waals surface area (Å²) in [5.41, 5.74) is 0.472. The number of hydrogen-bond acceptors (Lipinski definition) is 3. The number of halogens is 1. The third-order valence-corrected chi connectivity index (χ3v) is 10.4. The molecule has 168 valence electrons. The Morgan fingerprint density at radius 3 is 2.61 bits per heavy atom. The summed E-state index contributed by atoms with van der Waals surface area (Å²) in [6, 6.07) is 7.45. The highest BCUT2D eigenvalue weighted by Crippen LogP contribution is 2.63. The van der Waals surface area contributed by atoms with Crippen molar-refractivity contribution in [1.82, 2.24) is 4.90 Å². The summed E-state index contributed by atoms with van der Waals surface area (Å²) in [6.45, 7) is 4.65. The normalized spacial score (nSPS) is 42.4. The number of carbonyl (C=O) groups excluding carboxylic acids is 2. The molecule has 0 spiro atoms. The number of imide groups is 1. The minimum atomic E-state index is -0.403. The largest absolute Gasteiger partial charge is 0.393 e. The maximum Gasteiger partial charge on any atom is 0.262 e. The average molecular weight is 488 g/mol. The average Bonchev–Trinajstić information content (AvgIpc) is 2.73. The van der Waals surface area contributed by atoms with E-state index in [-0.39, 0.29) is 17.9 Å². The second-order valence-electron chi connectivity index (χ2n) is 11.0. The van der Waals surface area contributed by atoms with Crippen molar-refractivity contribution in [2.45, 2.75) is 83.3 Å². The molecule has 4 aliphatic rings. The third kappa shape index (κ3) is 3.25. The van der Waals surface area contributed by atoms with Gasteiger partial charge in [0.15, 0.2) is 0 Å². The van der Waals surface area contributed by atoms with Gasteiger partial charge in [-0.25, -0.2) is 0 Å². The zero-order valence-electron chi connectivity index (χ0n) is 18.6. The van der Waals surface area contributed by atoms with E-state index in [0.717, 1.165) is 43.0 Å². The number of hydrogen-bond donors (Lipinski definition) is 1. The van der Waals surface area contributed by atoms with E-state index in [9.17, 15) is 14.7 Å². The Kier molecular flexibility index (Phi) is 5.37. The zero-order chi connectivity index (χ0) is 22.0. The Morgan fingerprint density at radius 2 is 1.84 bits per heavy atom. The van der Waals surface area contributed by atoms with E-state index in [1.165, 1.54) is 12.8 Å². The molecule has 5 heteroatoms. The van der Waals surface area contributed by atoms with Gasteiger partial charge >= 0.3 is 0 Å². The Balaban J connectivity index is 1.47. The molecule has 3 saturated carbocycles. The summed E-state index contributed by atoms with van der Waals surface area (Å²) in [4.78, 5) is 28.4. The van der Waals surface area contributed by atoms with Crippen LogP contribution in [-0.4, -0.2) is 33.5 Å². The fraction of sp³-hybridized carbons (Fsp3) is 0.692. The van der Waals surface area contributed by atoms with Crippen molar-refractivity contribution in [3.8, 4) is 0 Å². The van der Waals surface area contributed by atoms with Crippen molar-refractivity contribution in [3.05, 3.63) is 34.3 Å². The van der Waals surface area contributed by atoms with E-state index in [4.69, 9.17) is 0 Å². The SMILES string of the molecule is C[C@]12CC[C@H](O)CC1CC[C@@H]1[C@@H]2CC[C@@]2(C)[C@H]1CCC(=O)N2C(=O)c1ccccc1Br. The van der Waals surface area contributed by atoms with E-state index in [1.54, 1.807) is 4.90 Å². The van der Waals surface area contributed by atoms with Gasteiger partial charge in [0.2, 0.25) is 5.91 Å². The zero-order valence-corrected chi connectivity index (χ0v) is 20.2. The summed E-state index contributed by atoms with van der Waals surface area (Å²) < 4.78 is 0.751. The first-order valence-electron chi connectivity index (χ1n) is 12.1. The molecule has 4 nitrogen and oxygen atoms in total. The molecule has 5 rings (SSSR count). The number of piperidine rings is 1. The Morgan fingerprint density at radius 1 is 1.06 bits per heavy atom. The second-order valence-corrected chi connectivity index (χ2v) is 11.9. The molecule has 4 fully saturated rings. The van der Waals surface area contributed by atoms with E-state index in [2.05, 4.69) is 29.8 Å². The molecule has 0 aromatic heterocycles. The van der Waals surface area contributed by atoms with Crippen LogP contribution in [0.25, 0.3) is 0 Å². The predicted octanol–water partition coefficient (Wildman–Crippen LogP) is 5.57. The first-order valence-corrected chi connectivity index (χ1v) is 12.8. The maximum absolute atomic E-state index is 13.6. The lowest BCUT2D eigenvalue weighted by molar-refractivity contribution is -0.162. The van der Waals surface area contributed by atoms with E-state index < -0.39 is 5.54 Å². The first-order chi connectivity index (χ1) is 14.8. The fourth-order valence-electron chi connectivity index (χ4n) is 8.12. The number of benzene rings is 1. The standard InChI is InChI=1S/C26H34BrNO3/c1-25-13-11-17(29)15-16(25)7-8-18-20(25)12-14-26(2)21(18)9-10-23(30)28(26)24(31)19-5-3-4-6-22(19)27/h3-6,16-18,20-21,29H,7-15H2,1-2H3/t16?,17-,18+,20-,21-,25-,26-/m0/s1. The van der Waals surface area contributed by atoms with Gasteiger partial charge < -0.3 is 5.11 Å². The lowest BCUT2D eigenvalue weighted by Gasteiger charge is -2.63. The van der Waals surface area contributed by atoms with Gasteiger partial charge in [-0.2, -0.15) is 0 Å². The molecule has 1 heterocycles. The number of fused-ring (bicyclic) bond motifs is 5. The molecule has 31 heavy (non-hydrogen) atoms.